The Bertz CT molecular complexity index is 527. The average Bonchev–Trinajstić information content (AvgIpc) is 2.91. The molecule has 25 heavy (non-hydrogen) atoms. The topological polar surface area (TPSA) is 65.7 Å². The van der Waals surface area contributed by atoms with Crippen molar-refractivity contribution in [1.82, 2.24) is 20.5 Å². The highest BCUT2D eigenvalue weighted by molar-refractivity contribution is 5.80. The number of aliphatic imine (C=N–C) groups is 1. The van der Waals surface area contributed by atoms with Crippen LogP contribution in [0.4, 0.5) is 0 Å². The summed E-state index contributed by atoms with van der Waals surface area (Å²) in [6.07, 6.45) is 3.47. The third kappa shape index (κ3) is 6.34. The first-order chi connectivity index (χ1) is 12.0. The Morgan fingerprint density at radius 2 is 2.04 bits per heavy atom. The Morgan fingerprint density at radius 3 is 2.60 bits per heavy atom. The van der Waals surface area contributed by atoms with Crippen LogP contribution in [0.15, 0.2) is 9.41 Å². The van der Waals surface area contributed by atoms with Gasteiger partial charge < -0.3 is 15.1 Å². The quantitative estimate of drug-likeness (QED) is 0.585. The van der Waals surface area contributed by atoms with Crippen LogP contribution in [0.25, 0.3) is 0 Å². The molecule has 6 heteroatoms. The Hall–Kier alpha value is -1.56. The molecule has 6 nitrogen and oxygen atoms in total. The fraction of sp³-hybridized carbons (Fsp3) is 0.789. The van der Waals surface area contributed by atoms with Crippen LogP contribution in [0, 0.1) is 19.8 Å². The molecular formula is C19H35N5O. The molecule has 1 saturated heterocycles. The molecule has 1 fully saturated rings. The SMILES string of the molecule is CCNC(=NCC1CCN(Cc2nc(C)c(C)o2)CC1)NC(C)CC. The Balaban J connectivity index is 1.77. The van der Waals surface area contributed by atoms with Gasteiger partial charge in [-0.25, -0.2) is 4.98 Å². The number of rotatable bonds is 7. The van der Waals surface area contributed by atoms with E-state index in [2.05, 4.69) is 41.3 Å². The number of oxazole rings is 1. The van der Waals surface area contributed by atoms with Gasteiger partial charge in [0.15, 0.2) is 5.96 Å². The molecule has 0 bridgehead atoms. The zero-order chi connectivity index (χ0) is 18.2. The van der Waals surface area contributed by atoms with E-state index in [1.54, 1.807) is 0 Å². The monoisotopic (exact) mass is 349 g/mol. The molecule has 0 amide bonds. The van der Waals surface area contributed by atoms with Crippen molar-refractivity contribution in [2.45, 2.75) is 66.5 Å². The predicted molar refractivity (Wildman–Crippen MR) is 103 cm³/mol. The fourth-order valence-electron chi connectivity index (χ4n) is 3.00. The summed E-state index contributed by atoms with van der Waals surface area (Å²) in [4.78, 5) is 11.7. The van der Waals surface area contributed by atoms with Gasteiger partial charge in [0.1, 0.15) is 5.76 Å². The summed E-state index contributed by atoms with van der Waals surface area (Å²) >= 11 is 0. The van der Waals surface area contributed by atoms with Gasteiger partial charge in [0.2, 0.25) is 5.89 Å². The van der Waals surface area contributed by atoms with Crippen molar-refractivity contribution in [3.63, 3.8) is 0 Å². The van der Waals surface area contributed by atoms with Gasteiger partial charge in [-0.1, -0.05) is 6.92 Å². The highest BCUT2D eigenvalue weighted by Crippen LogP contribution is 2.20. The molecule has 1 aliphatic heterocycles. The molecule has 1 aromatic heterocycles. The highest BCUT2D eigenvalue weighted by atomic mass is 16.4. The Kier molecular flexibility index (Phi) is 7.75. The van der Waals surface area contributed by atoms with Crippen molar-refractivity contribution in [1.29, 1.82) is 0 Å². The number of hydrogen-bond donors (Lipinski definition) is 2. The number of nitrogens with zero attached hydrogens (tertiary/aromatic N) is 3. The van der Waals surface area contributed by atoms with Crippen LogP contribution in [-0.2, 0) is 6.54 Å². The van der Waals surface area contributed by atoms with Crippen LogP contribution in [0.3, 0.4) is 0 Å². The number of likely N-dealkylation sites (tertiary alicyclic amines) is 1. The maximum atomic E-state index is 5.71. The molecule has 2 N–H and O–H groups in total. The second-order valence-corrected chi connectivity index (χ2v) is 7.14. The van der Waals surface area contributed by atoms with Gasteiger partial charge in [-0.3, -0.25) is 9.89 Å². The van der Waals surface area contributed by atoms with Gasteiger partial charge in [-0.2, -0.15) is 0 Å². The average molecular weight is 350 g/mol. The summed E-state index contributed by atoms with van der Waals surface area (Å²) in [6.45, 7) is 15.3. The van der Waals surface area contributed by atoms with Crippen molar-refractivity contribution >= 4 is 5.96 Å². The maximum absolute atomic E-state index is 5.71. The Labute approximate surface area is 152 Å². The lowest BCUT2D eigenvalue weighted by molar-refractivity contribution is 0.166. The summed E-state index contributed by atoms with van der Waals surface area (Å²) in [5, 5.41) is 6.81. The number of nitrogens with one attached hydrogen (secondary N) is 2. The molecule has 0 aromatic carbocycles. The largest absolute Gasteiger partial charge is 0.444 e. The Morgan fingerprint density at radius 1 is 1.32 bits per heavy atom. The summed E-state index contributed by atoms with van der Waals surface area (Å²) in [7, 11) is 0. The van der Waals surface area contributed by atoms with Crippen molar-refractivity contribution < 1.29 is 4.42 Å². The smallest absolute Gasteiger partial charge is 0.208 e. The molecule has 2 rings (SSSR count). The fourth-order valence-corrected chi connectivity index (χ4v) is 3.00. The summed E-state index contributed by atoms with van der Waals surface area (Å²) in [6, 6.07) is 0.451. The van der Waals surface area contributed by atoms with Crippen molar-refractivity contribution in [2.24, 2.45) is 10.9 Å². The normalized spacial score (nSPS) is 18.4. The van der Waals surface area contributed by atoms with Crippen LogP contribution in [0.5, 0.6) is 0 Å². The minimum atomic E-state index is 0.451. The number of hydrogen-bond acceptors (Lipinski definition) is 4. The molecule has 0 radical (unpaired) electrons. The second-order valence-electron chi connectivity index (χ2n) is 7.14. The third-order valence-electron chi connectivity index (χ3n) is 4.99. The van der Waals surface area contributed by atoms with Crippen LogP contribution < -0.4 is 10.6 Å². The lowest BCUT2D eigenvalue weighted by atomic mass is 9.97. The maximum Gasteiger partial charge on any atom is 0.208 e. The molecule has 1 unspecified atom stereocenters. The van der Waals surface area contributed by atoms with Crippen molar-refractivity contribution in [3.05, 3.63) is 17.3 Å². The van der Waals surface area contributed by atoms with Crippen LogP contribution >= 0.6 is 0 Å². The van der Waals surface area contributed by atoms with Gasteiger partial charge in [-0.15, -0.1) is 0 Å². The van der Waals surface area contributed by atoms with E-state index in [1.807, 2.05) is 13.8 Å². The zero-order valence-corrected chi connectivity index (χ0v) is 16.6. The number of aryl methyl sites for hydroxylation is 2. The summed E-state index contributed by atoms with van der Waals surface area (Å²) in [5.41, 5.74) is 1.00. The lowest BCUT2D eigenvalue weighted by Gasteiger charge is -2.30. The second kappa shape index (κ2) is 9.80. The van der Waals surface area contributed by atoms with E-state index >= 15 is 0 Å². The predicted octanol–water partition coefficient (Wildman–Crippen LogP) is 2.86. The molecule has 2 heterocycles. The van der Waals surface area contributed by atoms with Crippen LogP contribution in [0.2, 0.25) is 0 Å². The zero-order valence-electron chi connectivity index (χ0n) is 16.6. The highest BCUT2D eigenvalue weighted by Gasteiger charge is 2.21. The van der Waals surface area contributed by atoms with Crippen molar-refractivity contribution in [3.8, 4) is 0 Å². The van der Waals surface area contributed by atoms with E-state index in [0.717, 1.165) is 62.4 Å². The van der Waals surface area contributed by atoms with Gasteiger partial charge >= 0.3 is 0 Å². The first-order valence-corrected chi connectivity index (χ1v) is 9.71. The van der Waals surface area contributed by atoms with E-state index in [-0.39, 0.29) is 0 Å². The first-order valence-electron chi connectivity index (χ1n) is 9.71. The standard InChI is InChI=1S/C19H35N5O/c1-6-14(3)22-19(20-7-2)21-12-17-8-10-24(11-9-17)13-18-23-15(4)16(5)25-18/h14,17H,6-13H2,1-5H3,(H2,20,21,22). The molecule has 0 aliphatic carbocycles. The molecular weight excluding hydrogens is 314 g/mol. The summed E-state index contributed by atoms with van der Waals surface area (Å²) < 4.78 is 5.71. The molecule has 1 atom stereocenters. The van der Waals surface area contributed by atoms with Gasteiger partial charge in [0.05, 0.1) is 12.2 Å². The van der Waals surface area contributed by atoms with E-state index in [4.69, 9.17) is 9.41 Å². The van der Waals surface area contributed by atoms with Crippen molar-refractivity contribution in [2.75, 3.05) is 26.2 Å². The number of guanidine groups is 1. The molecule has 1 aliphatic rings. The number of aromatic nitrogens is 1. The molecule has 1 aromatic rings. The van der Waals surface area contributed by atoms with E-state index in [9.17, 15) is 0 Å². The molecule has 142 valence electrons. The van der Waals surface area contributed by atoms with Crippen LogP contribution in [-0.4, -0.2) is 48.1 Å². The van der Waals surface area contributed by atoms with Crippen LogP contribution in [0.1, 0.15) is 57.4 Å². The lowest BCUT2D eigenvalue weighted by Crippen LogP contribution is -2.42. The molecule has 0 saturated carbocycles. The minimum Gasteiger partial charge on any atom is -0.444 e. The summed E-state index contributed by atoms with van der Waals surface area (Å²) in [5.74, 6) is 3.39. The third-order valence-corrected chi connectivity index (χ3v) is 4.99. The molecule has 0 spiro atoms. The van der Waals surface area contributed by atoms with Gasteiger partial charge in [-0.05, 0) is 66.0 Å². The van der Waals surface area contributed by atoms with Gasteiger partial charge in [0.25, 0.3) is 0 Å². The minimum absolute atomic E-state index is 0.451. The van der Waals surface area contributed by atoms with E-state index in [1.165, 1.54) is 12.8 Å². The van der Waals surface area contributed by atoms with E-state index in [0.29, 0.717) is 12.0 Å². The number of piperidine rings is 1. The van der Waals surface area contributed by atoms with E-state index < -0.39 is 0 Å². The van der Waals surface area contributed by atoms with Gasteiger partial charge in [0, 0.05) is 19.1 Å². The first kappa shape index (κ1) is 19.8.